The molecular formula is C23H27N7O. The summed E-state index contributed by atoms with van der Waals surface area (Å²) < 4.78 is 6.91. The molecule has 8 nitrogen and oxygen atoms in total. The molecule has 0 amide bonds. The Labute approximate surface area is 181 Å². The molecule has 0 radical (unpaired) electrons. The number of anilines is 2. The summed E-state index contributed by atoms with van der Waals surface area (Å²) in [5.41, 5.74) is 13.1. The van der Waals surface area contributed by atoms with Gasteiger partial charge in [0.25, 0.3) is 0 Å². The summed E-state index contributed by atoms with van der Waals surface area (Å²) in [6.07, 6.45) is 5.32. The highest BCUT2D eigenvalue weighted by Gasteiger charge is 2.25. The Bertz CT molecular complexity index is 1130. The summed E-state index contributed by atoms with van der Waals surface area (Å²) in [5.74, 6) is 1.15. The van der Waals surface area contributed by atoms with Crippen LogP contribution in [0.2, 0.25) is 0 Å². The van der Waals surface area contributed by atoms with Crippen molar-refractivity contribution >= 4 is 23.1 Å². The van der Waals surface area contributed by atoms with Gasteiger partial charge < -0.3 is 15.8 Å². The number of allylic oxidation sites excluding steroid dienone is 2. The molecule has 2 heterocycles. The quantitative estimate of drug-likeness (QED) is 0.573. The van der Waals surface area contributed by atoms with Crippen molar-refractivity contribution in [2.24, 2.45) is 10.7 Å². The standard InChI is InChI=1S/C23H27N7O/c1-15-4-6-16(7-5-15)21(25-2)20-18(24)9-8-17-14-26-23(28-22(17)20)27-19-10-11-30(29-19)12-13-31-3/h4-7,10-11,14H,8-9,12-13,24H2,1-3H3,(H,26,27,28,29). The highest BCUT2D eigenvalue weighted by Crippen LogP contribution is 2.31. The third kappa shape index (κ3) is 4.49. The van der Waals surface area contributed by atoms with Crippen LogP contribution < -0.4 is 11.1 Å². The number of nitrogens with two attached hydrogens (primary N) is 1. The van der Waals surface area contributed by atoms with E-state index >= 15 is 0 Å². The molecule has 0 unspecified atom stereocenters. The number of aryl methyl sites for hydroxylation is 2. The highest BCUT2D eigenvalue weighted by atomic mass is 16.5. The second-order valence-electron chi connectivity index (χ2n) is 7.49. The number of hydrogen-bond acceptors (Lipinski definition) is 7. The number of hydrogen-bond donors (Lipinski definition) is 2. The topological polar surface area (TPSA) is 103 Å². The molecule has 0 saturated heterocycles. The van der Waals surface area contributed by atoms with Gasteiger partial charge in [-0.1, -0.05) is 29.8 Å². The van der Waals surface area contributed by atoms with Gasteiger partial charge in [0.1, 0.15) is 0 Å². The lowest BCUT2D eigenvalue weighted by atomic mass is 9.88. The second-order valence-corrected chi connectivity index (χ2v) is 7.49. The first kappa shape index (κ1) is 20.7. The molecule has 0 bridgehead atoms. The number of ether oxygens (including phenoxy) is 1. The predicted molar refractivity (Wildman–Crippen MR) is 122 cm³/mol. The number of benzene rings is 1. The Morgan fingerprint density at radius 3 is 2.77 bits per heavy atom. The van der Waals surface area contributed by atoms with E-state index in [1.807, 2.05) is 23.1 Å². The van der Waals surface area contributed by atoms with Gasteiger partial charge in [0.05, 0.1) is 24.6 Å². The van der Waals surface area contributed by atoms with Crippen molar-refractivity contribution in [1.29, 1.82) is 0 Å². The van der Waals surface area contributed by atoms with Crippen LogP contribution in [-0.2, 0) is 17.7 Å². The Morgan fingerprint density at radius 2 is 2.03 bits per heavy atom. The number of methoxy groups -OCH3 is 1. The molecule has 1 aliphatic carbocycles. The third-order valence-electron chi connectivity index (χ3n) is 5.28. The number of fused-ring (bicyclic) bond motifs is 1. The maximum atomic E-state index is 6.48. The molecular weight excluding hydrogens is 390 g/mol. The molecule has 3 aromatic rings. The Kier molecular flexibility index (Phi) is 6.08. The fourth-order valence-corrected chi connectivity index (χ4v) is 3.63. The van der Waals surface area contributed by atoms with Crippen LogP contribution in [0.15, 0.2) is 53.4 Å². The average Bonchev–Trinajstić information content (AvgIpc) is 3.22. The van der Waals surface area contributed by atoms with Crippen molar-refractivity contribution in [3.05, 3.63) is 70.8 Å². The molecule has 4 rings (SSSR count). The van der Waals surface area contributed by atoms with E-state index in [0.717, 1.165) is 46.6 Å². The van der Waals surface area contributed by atoms with E-state index in [4.69, 9.17) is 15.5 Å². The van der Waals surface area contributed by atoms with Crippen molar-refractivity contribution in [1.82, 2.24) is 19.7 Å². The first-order valence-electron chi connectivity index (χ1n) is 10.3. The van der Waals surface area contributed by atoms with Crippen molar-refractivity contribution in [3.8, 4) is 0 Å². The minimum Gasteiger partial charge on any atom is -0.401 e. The van der Waals surface area contributed by atoms with Gasteiger partial charge >= 0.3 is 0 Å². The van der Waals surface area contributed by atoms with Gasteiger partial charge in [-0.25, -0.2) is 9.97 Å². The number of aromatic nitrogens is 4. The Morgan fingerprint density at radius 1 is 1.23 bits per heavy atom. The van der Waals surface area contributed by atoms with E-state index in [0.29, 0.717) is 24.9 Å². The third-order valence-corrected chi connectivity index (χ3v) is 5.28. The number of nitrogens with one attached hydrogen (secondary N) is 1. The largest absolute Gasteiger partial charge is 0.401 e. The van der Waals surface area contributed by atoms with Gasteiger partial charge in [-0.15, -0.1) is 0 Å². The van der Waals surface area contributed by atoms with Crippen LogP contribution in [0.1, 0.15) is 28.8 Å². The second kappa shape index (κ2) is 9.09. The maximum absolute atomic E-state index is 6.48. The van der Waals surface area contributed by atoms with E-state index < -0.39 is 0 Å². The van der Waals surface area contributed by atoms with E-state index in [-0.39, 0.29) is 0 Å². The summed E-state index contributed by atoms with van der Waals surface area (Å²) in [4.78, 5) is 13.9. The lowest BCUT2D eigenvalue weighted by molar-refractivity contribution is 0.183. The van der Waals surface area contributed by atoms with Crippen LogP contribution >= 0.6 is 0 Å². The van der Waals surface area contributed by atoms with Gasteiger partial charge in [-0.3, -0.25) is 9.67 Å². The molecule has 3 N–H and O–H groups in total. The molecule has 2 aromatic heterocycles. The zero-order chi connectivity index (χ0) is 21.8. The molecule has 0 aliphatic heterocycles. The summed E-state index contributed by atoms with van der Waals surface area (Å²) in [7, 11) is 3.46. The van der Waals surface area contributed by atoms with Crippen LogP contribution in [-0.4, -0.2) is 46.2 Å². The summed E-state index contributed by atoms with van der Waals surface area (Å²) in [5, 5.41) is 7.67. The van der Waals surface area contributed by atoms with E-state index in [9.17, 15) is 0 Å². The highest BCUT2D eigenvalue weighted by molar-refractivity contribution is 6.32. The Balaban J connectivity index is 1.66. The molecule has 0 fully saturated rings. The zero-order valence-electron chi connectivity index (χ0n) is 18.1. The normalized spacial score (nSPS) is 14.0. The molecule has 0 atom stereocenters. The van der Waals surface area contributed by atoms with Gasteiger partial charge in [-0.05, 0) is 25.3 Å². The van der Waals surface area contributed by atoms with Gasteiger partial charge in [-0.2, -0.15) is 5.10 Å². The van der Waals surface area contributed by atoms with Gasteiger partial charge in [0.15, 0.2) is 5.82 Å². The van der Waals surface area contributed by atoms with E-state index in [1.54, 1.807) is 14.2 Å². The molecule has 160 valence electrons. The van der Waals surface area contributed by atoms with Crippen LogP contribution in [0.5, 0.6) is 0 Å². The number of nitrogens with zero attached hydrogens (tertiary/aromatic N) is 5. The summed E-state index contributed by atoms with van der Waals surface area (Å²) >= 11 is 0. The minimum absolute atomic E-state index is 0.474. The molecule has 1 aromatic carbocycles. The van der Waals surface area contributed by atoms with E-state index in [2.05, 4.69) is 51.6 Å². The zero-order valence-corrected chi connectivity index (χ0v) is 18.1. The smallest absolute Gasteiger partial charge is 0.228 e. The summed E-state index contributed by atoms with van der Waals surface area (Å²) in [6, 6.07) is 10.2. The SMILES string of the molecule is CN=C(C1=C(N)CCc2cnc(Nc3ccn(CCOC)n3)nc21)c1ccc(C)cc1. The molecule has 0 spiro atoms. The van der Waals surface area contributed by atoms with Crippen molar-refractivity contribution in [2.75, 3.05) is 26.1 Å². The van der Waals surface area contributed by atoms with Crippen molar-refractivity contribution in [2.45, 2.75) is 26.3 Å². The first-order chi connectivity index (χ1) is 15.1. The summed E-state index contributed by atoms with van der Waals surface area (Å²) in [6.45, 7) is 3.35. The molecule has 8 heteroatoms. The molecule has 31 heavy (non-hydrogen) atoms. The predicted octanol–water partition coefficient (Wildman–Crippen LogP) is 3.11. The molecule has 0 saturated carbocycles. The van der Waals surface area contributed by atoms with Gasteiger partial charge in [0.2, 0.25) is 5.95 Å². The minimum atomic E-state index is 0.474. The van der Waals surface area contributed by atoms with Crippen LogP contribution in [0.4, 0.5) is 11.8 Å². The maximum Gasteiger partial charge on any atom is 0.228 e. The fourth-order valence-electron chi connectivity index (χ4n) is 3.63. The van der Waals surface area contributed by atoms with Crippen LogP contribution in [0, 0.1) is 6.92 Å². The monoisotopic (exact) mass is 417 g/mol. The lowest BCUT2D eigenvalue weighted by Gasteiger charge is -2.22. The number of aliphatic imine (C=N–C) groups is 1. The molecule has 1 aliphatic rings. The van der Waals surface area contributed by atoms with E-state index in [1.165, 1.54) is 5.56 Å². The fraction of sp³-hybridized carbons (Fsp3) is 0.304. The van der Waals surface area contributed by atoms with Crippen molar-refractivity contribution < 1.29 is 4.74 Å². The van der Waals surface area contributed by atoms with Gasteiger partial charge in [0, 0.05) is 49.5 Å². The first-order valence-corrected chi connectivity index (χ1v) is 10.3. The Hall–Kier alpha value is -3.52. The number of rotatable bonds is 7. The lowest BCUT2D eigenvalue weighted by Crippen LogP contribution is -2.20. The average molecular weight is 418 g/mol. The van der Waals surface area contributed by atoms with Crippen molar-refractivity contribution in [3.63, 3.8) is 0 Å². The van der Waals surface area contributed by atoms with Crippen LogP contribution in [0.25, 0.3) is 5.57 Å². The van der Waals surface area contributed by atoms with Crippen LogP contribution in [0.3, 0.4) is 0 Å².